The highest BCUT2D eigenvalue weighted by Crippen LogP contribution is 2.27. The maximum Gasteiger partial charge on any atom is 0.410 e. The Labute approximate surface area is 104 Å². The number of hydrogen-bond donors (Lipinski definition) is 1. The highest BCUT2D eigenvalue weighted by Gasteiger charge is 2.31. The fourth-order valence-electron chi connectivity index (χ4n) is 2.18. The van der Waals surface area contributed by atoms with Crippen molar-refractivity contribution >= 4 is 6.09 Å². The lowest BCUT2D eigenvalue weighted by atomic mass is 9.91. The molecule has 4 nitrogen and oxygen atoms in total. The molecule has 1 N–H and O–H groups in total. The quantitative estimate of drug-likeness (QED) is 0.827. The van der Waals surface area contributed by atoms with Gasteiger partial charge in [0.15, 0.2) is 0 Å². The van der Waals surface area contributed by atoms with Crippen molar-refractivity contribution < 1.29 is 14.6 Å². The van der Waals surface area contributed by atoms with Gasteiger partial charge in [-0.25, -0.2) is 4.79 Å². The van der Waals surface area contributed by atoms with Gasteiger partial charge in [0.05, 0.1) is 0 Å². The molecule has 0 bridgehead atoms. The number of ether oxygens (including phenoxy) is 1. The summed E-state index contributed by atoms with van der Waals surface area (Å²) in [5, 5.41) is 8.92. The van der Waals surface area contributed by atoms with Crippen LogP contribution in [-0.4, -0.2) is 41.4 Å². The van der Waals surface area contributed by atoms with E-state index in [1.807, 2.05) is 20.8 Å². The van der Waals surface area contributed by atoms with Crippen LogP contribution in [0.2, 0.25) is 0 Å². The van der Waals surface area contributed by atoms with E-state index < -0.39 is 5.60 Å². The molecule has 1 saturated heterocycles. The zero-order valence-electron chi connectivity index (χ0n) is 11.4. The number of aliphatic hydroxyl groups excluding tert-OH is 1. The molecule has 0 aromatic rings. The van der Waals surface area contributed by atoms with E-state index in [0.717, 1.165) is 25.9 Å². The molecule has 1 amide bonds. The number of carbonyl (C=O) groups is 1. The second-order valence-electron chi connectivity index (χ2n) is 5.96. The van der Waals surface area contributed by atoms with Crippen LogP contribution in [0.4, 0.5) is 4.79 Å². The minimum Gasteiger partial charge on any atom is -0.444 e. The van der Waals surface area contributed by atoms with Crippen molar-refractivity contribution in [3.05, 3.63) is 0 Å². The van der Waals surface area contributed by atoms with Gasteiger partial charge >= 0.3 is 6.09 Å². The van der Waals surface area contributed by atoms with Gasteiger partial charge in [0.25, 0.3) is 0 Å². The van der Waals surface area contributed by atoms with Gasteiger partial charge in [0.2, 0.25) is 0 Å². The van der Waals surface area contributed by atoms with Gasteiger partial charge in [-0.3, -0.25) is 0 Å². The van der Waals surface area contributed by atoms with Crippen LogP contribution in [0.1, 0.15) is 40.5 Å². The number of amides is 1. The average molecular weight is 243 g/mol. The Morgan fingerprint density at radius 3 is 2.71 bits per heavy atom. The third kappa shape index (κ3) is 4.54. The fraction of sp³-hybridized carbons (Fsp3) is 0.923. The van der Waals surface area contributed by atoms with Crippen LogP contribution in [0.25, 0.3) is 0 Å². The van der Waals surface area contributed by atoms with Gasteiger partial charge < -0.3 is 14.7 Å². The molecule has 4 heteroatoms. The molecule has 1 aliphatic heterocycles. The van der Waals surface area contributed by atoms with Crippen LogP contribution in [0.3, 0.4) is 0 Å². The monoisotopic (exact) mass is 243 g/mol. The molecule has 0 radical (unpaired) electrons. The molecule has 2 atom stereocenters. The van der Waals surface area contributed by atoms with Crippen LogP contribution < -0.4 is 0 Å². The van der Waals surface area contributed by atoms with E-state index in [0.29, 0.717) is 11.8 Å². The first-order chi connectivity index (χ1) is 7.83. The van der Waals surface area contributed by atoms with E-state index in [-0.39, 0.29) is 12.7 Å². The molecule has 0 saturated carbocycles. The lowest BCUT2D eigenvalue weighted by Gasteiger charge is -2.25. The Hall–Kier alpha value is -0.770. The van der Waals surface area contributed by atoms with Crippen molar-refractivity contribution in [2.24, 2.45) is 11.8 Å². The summed E-state index contributed by atoms with van der Waals surface area (Å²) in [6.45, 7) is 9.54. The second-order valence-corrected chi connectivity index (χ2v) is 5.96. The summed E-state index contributed by atoms with van der Waals surface area (Å²) in [5.74, 6) is 0.960. The lowest BCUT2D eigenvalue weighted by Crippen LogP contribution is -2.35. The number of rotatable bonds is 3. The molecule has 0 aliphatic carbocycles. The smallest absolute Gasteiger partial charge is 0.410 e. The summed E-state index contributed by atoms with van der Waals surface area (Å²) in [7, 11) is 0. The van der Waals surface area contributed by atoms with E-state index in [4.69, 9.17) is 9.84 Å². The van der Waals surface area contributed by atoms with Crippen molar-refractivity contribution in [1.29, 1.82) is 0 Å². The summed E-state index contributed by atoms with van der Waals surface area (Å²) >= 11 is 0. The fourth-order valence-corrected chi connectivity index (χ4v) is 2.18. The van der Waals surface area contributed by atoms with Crippen molar-refractivity contribution in [3.8, 4) is 0 Å². The molecular formula is C13H25NO3. The zero-order chi connectivity index (χ0) is 13.1. The lowest BCUT2D eigenvalue weighted by molar-refractivity contribution is 0.0283. The predicted molar refractivity (Wildman–Crippen MR) is 66.8 cm³/mol. The number of likely N-dealkylation sites (tertiary alicyclic amines) is 1. The van der Waals surface area contributed by atoms with Crippen molar-refractivity contribution in [3.63, 3.8) is 0 Å². The molecular weight excluding hydrogens is 218 g/mol. The van der Waals surface area contributed by atoms with E-state index in [9.17, 15) is 4.79 Å². The zero-order valence-corrected chi connectivity index (χ0v) is 11.4. The third-order valence-corrected chi connectivity index (χ3v) is 3.27. The highest BCUT2D eigenvalue weighted by molar-refractivity contribution is 5.68. The summed E-state index contributed by atoms with van der Waals surface area (Å²) in [6, 6.07) is 0. The van der Waals surface area contributed by atoms with Gasteiger partial charge in [-0.15, -0.1) is 0 Å². The third-order valence-electron chi connectivity index (χ3n) is 3.27. The van der Waals surface area contributed by atoms with E-state index >= 15 is 0 Å². The molecule has 1 aliphatic rings. The van der Waals surface area contributed by atoms with Gasteiger partial charge in [0, 0.05) is 19.7 Å². The first-order valence-electron chi connectivity index (χ1n) is 6.42. The highest BCUT2D eigenvalue weighted by atomic mass is 16.6. The Morgan fingerprint density at radius 2 is 2.18 bits per heavy atom. The normalized spacial score (nSPS) is 22.6. The van der Waals surface area contributed by atoms with Crippen LogP contribution in [0, 0.1) is 11.8 Å². The van der Waals surface area contributed by atoms with Crippen LogP contribution in [-0.2, 0) is 4.74 Å². The van der Waals surface area contributed by atoms with E-state index in [2.05, 4.69) is 6.92 Å². The molecule has 0 aromatic heterocycles. The number of aliphatic hydroxyl groups is 1. The Kier molecular flexibility index (Phi) is 4.80. The Morgan fingerprint density at radius 1 is 1.53 bits per heavy atom. The molecule has 2 unspecified atom stereocenters. The van der Waals surface area contributed by atoms with Crippen molar-refractivity contribution in [2.75, 3.05) is 19.7 Å². The number of nitrogens with zero attached hydrogens (tertiary/aromatic N) is 1. The van der Waals surface area contributed by atoms with Gasteiger partial charge in [0.1, 0.15) is 5.60 Å². The summed E-state index contributed by atoms with van der Waals surface area (Å²) < 4.78 is 5.35. The number of hydrogen-bond acceptors (Lipinski definition) is 3. The number of carbonyl (C=O) groups excluding carboxylic acids is 1. The molecule has 100 valence electrons. The van der Waals surface area contributed by atoms with Gasteiger partial charge in [-0.2, -0.15) is 0 Å². The SMILES string of the molecule is CC(CCO)C1CCN(C(=O)OC(C)(C)C)C1. The topological polar surface area (TPSA) is 49.8 Å². The Bertz CT molecular complexity index is 260. The standard InChI is InChI=1S/C13H25NO3/c1-10(6-8-15)11-5-7-14(9-11)12(16)17-13(2,3)4/h10-11,15H,5-9H2,1-4H3. The summed E-state index contributed by atoms with van der Waals surface area (Å²) in [6.07, 6.45) is 1.61. The first-order valence-corrected chi connectivity index (χ1v) is 6.42. The molecule has 17 heavy (non-hydrogen) atoms. The van der Waals surface area contributed by atoms with Crippen molar-refractivity contribution in [2.45, 2.75) is 46.1 Å². The van der Waals surface area contributed by atoms with Crippen molar-refractivity contribution in [1.82, 2.24) is 4.90 Å². The first kappa shape index (κ1) is 14.3. The molecule has 0 spiro atoms. The van der Waals surface area contributed by atoms with Gasteiger partial charge in [-0.05, 0) is 45.4 Å². The summed E-state index contributed by atoms with van der Waals surface area (Å²) in [4.78, 5) is 13.6. The minimum atomic E-state index is -0.425. The second kappa shape index (κ2) is 5.71. The summed E-state index contributed by atoms with van der Waals surface area (Å²) in [5.41, 5.74) is -0.425. The average Bonchev–Trinajstić information content (AvgIpc) is 2.63. The molecule has 1 rings (SSSR count). The minimum absolute atomic E-state index is 0.212. The van der Waals surface area contributed by atoms with E-state index in [1.165, 1.54) is 0 Å². The maximum absolute atomic E-state index is 11.8. The maximum atomic E-state index is 11.8. The van der Waals surface area contributed by atoms with E-state index in [1.54, 1.807) is 4.90 Å². The molecule has 0 aromatic carbocycles. The largest absolute Gasteiger partial charge is 0.444 e. The molecule has 1 heterocycles. The van der Waals surface area contributed by atoms with Crippen LogP contribution in [0.15, 0.2) is 0 Å². The predicted octanol–water partition coefficient (Wildman–Crippen LogP) is 2.26. The van der Waals surface area contributed by atoms with Gasteiger partial charge in [-0.1, -0.05) is 6.92 Å². The van der Waals surface area contributed by atoms with Crippen LogP contribution in [0.5, 0.6) is 0 Å². The molecule has 1 fully saturated rings. The van der Waals surface area contributed by atoms with Crippen LogP contribution >= 0.6 is 0 Å². The Balaban J connectivity index is 2.42.